The monoisotopic (exact) mass is 985 g/mol. The number of carbonyl (C=O) groups excluding carboxylic acids is 2. The predicted molar refractivity (Wildman–Crippen MR) is 266 cm³/mol. The molecule has 69 heavy (non-hydrogen) atoms. The first-order valence-corrected chi connectivity index (χ1v) is 27.1. The molecular formula is C54H96O15. The fourth-order valence-corrected chi connectivity index (χ4v) is 8.41. The van der Waals surface area contributed by atoms with Gasteiger partial charge in [-0.05, 0) is 44.9 Å². The van der Waals surface area contributed by atoms with E-state index in [1.807, 2.05) is 6.08 Å². The second kappa shape index (κ2) is 41.2. The molecule has 0 aromatic carbocycles. The summed E-state index contributed by atoms with van der Waals surface area (Å²) in [5.74, 6) is -0.979. The van der Waals surface area contributed by atoms with Gasteiger partial charge in [0.05, 0.1) is 19.8 Å². The Hall–Kier alpha value is -2.28. The van der Waals surface area contributed by atoms with Gasteiger partial charge >= 0.3 is 11.9 Å². The Morgan fingerprint density at radius 2 is 0.884 bits per heavy atom. The molecule has 0 bridgehead atoms. The van der Waals surface area contributed by atoms with Crippen molar-refractivity contribution in [3.05, 3.63) is 36.5 Å². The van der Waals surface area contributed by atoms with E-state index >= 15 is 0 Å². The molecule has 2 heterocycles. The molecule has 2 aliphatic heterocycles. The third-order valence-corrected chi connectivity index (χ3v) is 12.9. The van der Waals surface area contributed by atoms with Gasteiger partial charge in [-0.3, -0.25) is 9.59 Å². The minimum absolute atomic E-state index is 0.0953. The van der Waals surface area contributed by atoms with Gasteiger partial charge in [0.1, 0.15) is 55.4 Å². The van der Waals surface area contributed by atoms with E-state index in [1.165, 1.54) is 116 Å². The molecular weight excluding hydrogens is 889 g/mol. The van der Waals surface area contributed by atoms with Crippen LogP contribution in [0.1, 0.15) is 200 Å². The molecule has 2 aliphatic rings. The summed E-state index contributed by atoms with van der Waals surface area (Å²) in [6.07, 6.45) is 27.5. The van der Waals surface area contributed by atoms with Crippen LogP contribution in [0.15, 0.2) is 36.5 Å². The van der Waals surface area contributed by atoms with Gasteiger partial charge < -0.3 is 64.2 Å². The summed E-state index contributed by atoms with van der Waals surface area (Å²) in [6.45, 7) is 2.55. The Balaban J connectivity index is 1.81. The first kappa shape index (κ1) is 62.8. The Bertz CT molecular complexity index is 1340. The summed E-state index contributed by atoms with van der Waals surface area (Å²) in [6, 6.07) is 0. The van der Waals surface area contributed by atoms with Crippen molar-refractivity contribution >= 4 is 11.9 Å². The van der Waals surface area contributed by atoms with Gasteiger partial charge in [0.15, 0.2) is 18.7 Å². The summed E-state index contributed by atoms with van der Waals surface area (Å²) >= 11 is 0. The molecule has 0 saturated carbocycles. The van der Waals surface area contributed by atoms with Crippen molar-refractivity contribution < 1.29 is 73.8 Å². The van der Waals surface area contributed by atoms with Crippen molar-refractivity contribution in [1.29, 1.82) is 0 Å². The van der Waals surface area contributed by atoms with Gasteiger partial charge in [0.25, 0.3) is 0 Å². The van der Waals surface area contributed by atoms with Crippen LogP contribution in [0.4, 0.5) is 0 Å². The number of hydrogen-bond acceptors (Lipinski definition) is 15. The highest BCUT2D eigenvalue weighted by molar-refractivity contribution is 5.70. The molecule has 0 radical (unpaired) electrons. The van der Waals surface area contributed by atoms with Gasteiger partial charge in [-0.2, -0.15) is 0 Å². The molecule has 0 spiro atoms. The Morgan fingerprint density at radius 1 is 0.464 bits per heavy atom. The molecule has 0 aromatic heterocycles. The zero-order chi connectivity index (χ0) is 50.3. The minimum atomic E-state index is -1.77. The second-order valence-corrected chi connectivity index (χ2v) is 19.1. The van der Waals surface area contributed by atoms with Crippen molar-refractivity contribution in [3.8, 4) is 0 Å². The second-order valence-electron chi connectivity index (χ2n) is 19.1. The Kier molecular flexibility index (Phi) is 37.5. The first-order valence-electron chi connectivity index (χ1n) is 27.1. The van der Waals surface area contributed by atoms with E-state index in [2.05, 4.69) is 44.2 Å². The van der Waals surface area contributed by atoms with E-state index in [4.69, 9.17) is 28.4 Å². The Morgan fingerprint density at radius 3 is 1.41 bits per heavy atom. The fraction of sp³-hybridized carbons (Fsp3) is 0.852. The highest BCUT2D eigenvalue weighted by atomic mass is 16.7. The predicted octanol–water partition coefficient (Wildman–Crippen LogP) is 8.10. The molecule has 15 heteroatoms. The number of allylic oxidation sites excluding steroid dienone is 6. The van der Waals surface area contributed by atoms with E-state index in [0.717, 1.165) is 38.5 Å². The van der Waals surface area contributed by atoms with E-state index < -0.39 is 99.3 Å². The smallest absolute Gasteiger partial charge is 0.306 e. The molecule has 2 saturated heterocycles. The van der Waals surface area contributed by atoms with Crippen LogP contribution in [0.3, 0.4) is 0 Å². The van der Waals surface area contributed by atoms with Gasteiger partial charge in [-0.1, -0.05) is 179 Å². The number of ether oxygens (including phenoxy) is 6. The summed E-state index contributed by atoms with van der Waals surface area (Å²) in [4.78, 5) is 25.8. The Labute approximate surface area is 415 Å². The lowest BCUT2D eigenvalue weighted by atomic mass is 9.98. The van der Waals surface area contributed by atoms with E-state index in [-0.39, 0.29) is 19.4 Å². The van der Waals surface area contributed by atoms with Crippen molar-refractivity contribution in [3.63, 3.8) is 0 Å². The SMILES string of the molecule is CCCCCCCC/C=C/C/C=C/C/C=C/CCCC(=O)O[C@@H](COC(=O)CCCCCCCCCCCCCCCCCC)CO[C@@H]1O[C@H](CO[C@@H]2O[C@H](CO)[C@H](O)C(O)C2O)[C@H](O)C(O)C1O. The van der Waals surface area contributed by atoms with Crippen molar-refractivity contribution in [2.45, 2.75) is 268 Å². The van der Waals surface area contributed by atoms with Crippen LogP contribution in [0.25, 0.3) is 0 Å². The van der Waals surface area contributed by atoms with Crippen LogP contribution in [0.5, 0.6) is 0 Å². The molecule has 15 nitrogen and oxygen atoms in total. The van der Waals surface area contributed by atoms with Crippen LogP contribution in [-0.2, 0) is 38.0 Å². The quantitative estimate of drug-likeness (QED) is 0.0174. The molecule has 7 N–H and O–H groups in total. The first-order chi connectivity index (χ1) is 33.5. The summed E-state index contributed by atoms with van der Waals surface area (Å²) in [5, 5.41) is 72.1. The average Bonchev–Trinajstić information content (AvgIpc) is 3.34. The van der Waals surface area contributed by atoms with E-state index in [0.29, 0.717) is 19.3 Å². The molecule has 11 atom stereocenters. The summed E-state index contributed by atoms with van der Waals surface area (Å²) < 4.78 is 33.6. The van der Waals surface area contributed by atoms with Crippen LogP contribution >= 0.6 is 0 Å². The van der Waals surface area contributed by atoms with Crippen LogP contribution in [-0.4, -0.2) is 142 Å². The molecule has 0 aromatic rings. The largest absolute Gasteiger partial charge is 0.462 e. The zero-order valence-corrected chi connectivity index (χ0v) is 42.5. The third kappa shape index (κ3) is 29.1. The number of aliphatic hydroxyl groups is 7. The fourth-order valence-electron chi connectivity index (χ4n) is 8.41. The summed E-state index contributed by atoms with van der Waals surface area (Å²) in [7, 11) is 0. The maximum absolute atomic E-state index is 13.0. The van der Waals surface area contributed by atoms with Crippen LogP contribution in [0, 0.1) is 0 Å². The number of esters is 2. The highest BCUT2D eigenvalue weighted by Crippen LogP contribution is 2.26. The average molecular weight is 985 g/mol. The lowest BCUT2D eigenvalue weighted by Gasteiger charge is -2.42. The normalized spacial score (nSPS) is 25.8. The maximum atomic E-state index is 13.0. The number of carbonyl (C=O) groups is 2. The minimum Gasteiger partial charge on any atom is -0.462 e. The highest BCUT2D eigenvalue weighted by Gasteiger charge is 2.47. The van der Waals surface area contributed by atoms with E-state index in [9.17, 15) is 45.3 Å². The van der Waals surface area contributed by atoms with Crippen LogP contribution in [0.2, 0.25) is 0 Å². The third-order valence-electron chi connectivity index (χ3n) is 12.9. The number of rotatable bonds is 42. The molecule has 0 aliphatic carbocycles. The lowest BCUT2D eigenvalue weighted by molar-refractivity contribution is -0.332. The number of hydrogen-bond donors (Lipinski definition) is 7. The van der Waals surface area contributed by atoms with Gasteiger partial charge in [-0.15, -0.1) is 0 Å². The van der Waals surface area contributed by atoms with Crippen molar-refractivity contribution in [1.82, 2.24) is 0 Å². The number of unbranched alkanes of at least 4 members (excludes halogenated alkanes) is 22. The molecule has 0 amide bonds. The van der Waals surface area contributed by atoms with Gasteiger partial charge in [0.2, 0.25) is 0 Å². The van der Waals surface area contributed by atoms with Crippen LogP contribution < -0.4 is 0 Å². The van der Waals surface area contributed by atoms with Crippen molar-refractivity contribution in [2.24, 2.45) is 0 Å². The summed E-state index contributed by atoms with van der Waals surface area (Å²) in [5.41, 5.74) is 0. The molecule has 2 rings (SSSR count). The molecule has 402 valence electrons. The van der Waals surface area contributed by atoms with Gasteiger partial charge in [0, 0.05) is 12.8 Å². The lowest BCUT2D eigenvalue weighted by Crippen LogP contribution is -2.61. The zero-order valence-electron chi connectivity index (χ0n) is 42.5. The van der Waals surface area contributed by atoms with E-state index in [1.54, 1.807) is 0 Å². The van der Waals surface area contributed by atoms with Crippen molar-refractivity contribution in [2.75, 3.05) is 26.4 Å². The molecule has 4 unspecified atom stereocenters. The standard InChI is InChI=1S/C54H96O15/c1-3-5-7-9-11-13-15-17-19-21-23-25-27-29-31-33-35-37-46(57)67-42(39-64-45(56)36-34-32-30-28-26-24-22-20-18-16-14-12-10-8-6-4-2)40-65-53-52(63)50(61)48(59)44(69-53)41-66-54-51(62)49(60)47(58)43(38-55)68-54/h17,19,23,25,29,31,42-44,47-55,58-63H,3-16,18,20-22,24,26-28,30,32-41H2,1-2H3/b19-17+,25-23+,31-29+/t42-,43+,44+,47-,48-,49?,50?,51?,52?,53+,54+/m0/s1. The maximum Gasteiger partial charge on any atom is 0.306 e. The number of aliphatic hydroxyl groups excluding tert-OH is 7. The van der Waals surface area contributed by atoms with Gasteiger partial charge in [-0.25, -0.2) is 0 Å². The molecule has 2 fully saturated rings. The topological polar surface area (TPSA) is 231 Å².